The maximum absolute atomic E-state index is 12.1. The lowest BCUT2D eigenvalue weighted by Crippen LogP contribution is -2.40. The van der Waals surface area contributed by atoms with Gasteiger partial charge in [0, 0.05) is 17.5 Å². The molecule has 1 saturated carbocycles. The highest BCUT2D eigenvalue weighted by Gasteiger charge is 2.36. The first kappa shape index (κ1) is 14.1. The van der Waals surface area contributed by atoms with Gasteiger partial charge in [0.1, 0.15) is 22.9 Å². The van der Waals surface area contributed by atoms with Crippen molar-refractivity contribution >= 4 is 33.3 Å². The SMILES string of the molecule is O=C(Nc1nncs1)C1CC(Oc2cccc3cccnc23)C1. The van der Waals surface area contributed by atoms with E-state index >= 15 is 0 Å². The number of anilines is 1. The number of para-hydroxylation sites is 1. The molecule has 0 aliphatic heterocycles. The van der Waals surface area contributed by atoms with Gasteiger partial charge in [-0.3, -0.25) is 9.78 Å². The second-order valence-corrected chi connectivity index (χ2v) is 6.31. The first-order valence-corrected chi connectivity index (χ1v) is 8.25. The molecule has 6 nitrogen and oxygen atoms in total. The number of amides is 1. The van der Waals surface area contributed by atoms with Crippen LogP contribution in [0.1, 0.15) is 12.8 Å². The summed E-state index contributed by atoms with van der Waals surface area (Å²) in [5.74, 6) is 0.723. The van der Waals surface area contributed by atoms with Crippen LogP contribution in [0.15, 0.2) is 42.0 Å². The Kier molecular flexibility index (Phi) is 3.63. The van der Waals surface area contributed by atoms with Gasteiger partial charge >= 0.3 is 0 Å². The molecule has 1 amide bonds. The summed E-state index contributed by atoms with van der Waals surface area (Å²) in [7, 11) is 0. The van der Waals surface area contributed by atoms with Crippen molar-refractivity contribution < 1.29 is 9.53 Å². The number of ether oxygens (including phenoxy) is 1. The van der Waals surface area contributed by atoms with Crippen molar-refractivity contribution in [1.29, 1.82) is 0 Å². The average Bonchev–Trinajstić information content (AvgIpc) is 3.03. The van der Waals surface area contributed by atoms with Crippen molar-refractivity contribution in [1.82, 2.24) is 15.2 Å². The van der Waals surface area contributed by atoms with Crippen LogP contribution in [0.3, 0.4) is 0 Å². The lowest BCUT2D eigenvalue weighted by atomic mass is 9.81. The molecular weight excluding hydrogens is 312 g/mol. The zero-order chi connectivity index (χ0) is 15.6. The highest BCUT2D eigenvalue weighted by molar-refractivity contribution is 7.13. The van der Waals surface area contributed by atoms with Crippen LogP contribution >= 0.6 is 11.3 Å². The Morgan fingerprint density at radius 2 is 2.13 bits per heavy atom. The minimum Gasteiger partial charge on any atom is -0.488 e. The molecule has 2 aromatic heterocycles. The number of carbonyl (C=O) groups is 1. The first-order valence-electron chi connectivity index (χ1n) is 7.37. The van der Waals surface area contributed by atoms with Gasteiger partial charge < -0.3 is 10.1 Å². The summed E-state index contributed by atoms with van der Waals surface area (Å²) in [6.07, 6.45) is 3.21. The van der Waals surface area contributed by atoms with Crippen LogP contribution in [-0.2, 0) is 4.79 Å². The van der Waals surface area contributed by atoms with E-state index in [1.54, 1.807) is 11.7 Å². The van der Waals surface area contributed by atoms with Gasteiger partial charge in [0.15, 0.2) is 0 Å². The number of pyridine rings is 1. The van der Waals surface area contributed by atoms with Crippen LogP contribution in [-0.4, -0.2) is 27.2 Å². The van der Waals surface area contributed by atoms with Gasteiger partial charge in [0.2, 0.25) is 11.0 Å². The van der Waals surface area contributed by atoms with E-state index in [4.69, 9.17) is 4.74 Å². The van der Waals surface area contributed by atoms with Crippen molar-refractivity contribution in [2.75, 3.05) is 5.32 Å². The lowest BCUT2D eigenvalue weighted by Gasteiger charge is -2.34. The molecule has 2 heterocycles. The maximum Gasteiger partial charge on any atom is 0.229 e. The number of fused-ring (bicyclic) bond motifs is 1. The summed E-state index contributed by atoms with van der Waals surface area (Å²) >= 11 is 1.31. The smallest absolute Gasteiger partial charge is 0.229 e. The number of rotatable bonds is 4. The van der Waals surface area contributed by atoms with E-state index in [0.717, 1.165) is 16.7 Å². The molecule has 23 heavy (non-hydrogen) atoms. The van der Waals surface area contributed by atoms with Crippen LogP contribution in [0.4, 0.5) is 5.13 Å². The highest BCUT2D eigenvalue weighted by Crippen LogP contribution is 2.34. The summed E-state index contributed by atoms with van der Waals surface area (Å²) in [5, 5.41) is 11.9. The Balaban J connectivity index is 1.38. The normalized spacial score (nSPS) is 20.0. The number of carbonyl (C=O) groups excluding carboxylic acids is 1. The molecule has 0 unspecified atom stereocenters. The zero-order valence-corrected chi connectivity index (χ0v) is 13.0. The molecule has 116 valence electrons. The largest absolute Gasteiger partial charge is 0.488 e. The summed E-state index contributed by atoms with van der Waals surface area (Å²) < 4.78 is 6.01. The predicted octanol–water partition coefficient (Wildman–Crippen LogP) is 2.88. The number of hydrogen-bond acceptors (Lipinski definition) is 6. The zero-order valence-electron chi connectivity index (χ0n) is 12.2. The van der Waals surface area contributed by atoms with E-state index in [1.807, 2.05) is 30.3 Å². The van der Waals surface area contributed by atoms with Gasteiger partial charge in [-0.1, -0.05) is 29.5 Å². The fraction of sp³-hybridized carbons (Fsp3) is 0.250. The van der Waals surface area contributed by atoms with E-state index in [9.17, 15) is 4.79 Å². The summed E-state index contributed by atoms with van der Waals surface area (Å²) in [5.41, 5.74) is 2.45. The first-order chi connectivity index (χ1) is 11.3. The third-order valence-corrected chi connectivity index (χ3v) is 4.55. The molecule has 1 aliphatic rings. The van der Waals surface area contributed by atoms with Crippen molar-refractivity contribution in [3.63, 3.8) is 0 Å². The number of nitrogens with one attached hydrogen (secondary N) is 1. The maximum atomic E-state index is 12.1. The summed E-state index contributed by atoms with van der Waals surface area (Å²) in [6.45, 7) is 0. The fourth-order valence-corrected chi connectivity index (χ4v) is 3.11. The van der Waals surface area contributed by atoms with Gasteiger partial charge in [-0.25, -0.2) is 0 Å². The number of aromatic nitrogens is 3. The molecular formula is C16H14N4O2S. The molecule has 0 atom stereocenters. The van der Waals surface area contributed by atoms with Crippen molar-refractivity contribution in [2.45, 2.75) is 18.9 Å². The molecule has 0 saturated heterocycles. The van der Waals surface area contributed by atoms with Gasteiger partial charge in [-0.2, -0.15) is 0 Å². The van der Waals surface area contributed by atoms with Crippen molar-refractivity contribution in [2.24, 2.45) is 5.92 Å². The van der Waals surface area contributed by atoms with Gasteiger partial charge in [-0.05, 0) is 25.0 Å². The quantitative estimate of drug-likeness (QED) is 0.798. The third-order valence-electron chi connectivity index (χ3n) is 3.95. The van der Waals surface area contributed by atoms with Crippen LogP contribution in [0.5, 0.6) is 5.75 Å². The monoisotopic (exact) mass is 326 g/mol. The second kappa shape index (κ2) is 5.92. The van der Waals surface area contributed by atoms with Crippen LogP contribution in [0.2, 0.25) is 0 Å². The number of nitrogens with zero attached hydrogens (tertiary/aromatic N) is 3. The molecule has 7 heteroatoms. The topological polar surface area (TPSA) is 77.0 Å². The van der Waals surface area contributed by atoms with Gasteiger partial charge in [0.05, 0.1) is 0 Å². The van der Waals surface area contributed by atoms with Gasteiger partial charge in [-0.15, -0.1) is 10.2 Å². The van der Waals surface area contributed by atoms with E-state index < -0.39 is 0 Å². The Bertz CT molecular complexity index is 826. The average molecular weight is 326 g/mol. The molecule has 1 aromatic carbocycles. The molecule has 0 radical (unpaired) electrons. The molecule has 0 spiro atoms. The van der Waals surface area contributed by atoms with Crippen molar-refractivity contribution in [3.8, 4) is 5.75 Å². The lowest BCUT2D eigenvalue weighted by molar-refractivity contribution is -0.125. The minimum absolute atomic E-state index is 0.0161. The van der Waals surface area contributed by atoms with E-state index in [2.05, 4.69) is 20.5 Å². The Morgan fingerprint density at radius 3 is 2.96 bits per heavy atom. The van der Waals surface area contributed by atoms with Crippen LogP contribution in [0.25, 0.3) is 10.9 Å². The number of benzene rings is 1. The van der Waals surface area contributed by atoms with E-state index in [-0.39, 0.29) is 17.9 Å². The summed E-state index contributed by atoms with van der Waals surface area (Å²) in [4.78, 5) is 16.4. The number of hydrogen-bond donors (Lipinski definition) is 1. The Labute approximate surface area is 136 Å². The van der Waals surface area contributed by atoms with Crippen molar-refractivity contribution in [3.05, 3.63) is 42.0 Å². The highest BCUT2D eigenvalue weighted by atomic mass is 32.1. The van der Waals surface area contributed by atoms with E-state index in [1.165, 1.54) is 11.3 Å². The molecule has 0 bridgehead atoms. The Morgan fingerprint density at radius 1 is 1.26 bits per heavy atom. The standard InChI is InChI=1S/C16H14N4O2S/c21-15(19-16-20-18-9-23-16)11-7-12(8-11)22-13-5-1-3-10-4-2-6-17-14(10)13/h1-6,9,11-12H,7-8H2,(H,19,20,21). The Hall–Kier alpha value is -2.54. The summed E-state index contributed by atoms with van der Waals surface area (Å²) in [6, 6.07) is 9.80. The van der Waals surface area contributed by atoms with Crippen LogP contribution < -0.4 is 10.1 Å². The second-order valence-electron chi connectivity index (χ2n) is 5.47. The predicted molar refractivity (Wildman–Crippen MR) is 87.4 cm³/mol. The molecule has 1 aliphatic carbocycles. The minimum atomic E-state index is -0.0353. The molecule has 1 fully saturated rings. The van der Waals surface area contributed by atoms with E-state index in [0.29, 0.717) is 18.0 Å². The third kappa shape index (κ3) is 2.87. The fourth-order valence-electron chi connectivity index (χ4n) is 2.66. The molecule has 3 aromatic rings. The van der Waals surface area contributed by atoms with Gasteiger partial charge in [0.25, 0.3) is 0 Å². The molecule has 4 rings (SSSR count). The molecule has 1 N–H and O–H groups in total. The van der Waals surface area contributed by atoms with Crippen LogP contribution in [0, 0.1) is 5.92 Å².